The first kappa shape index (κ1) is 21.8. The number of unbranched alkanes of at least 4 members (excludes halogenated alkanes) is 1. The third kappa shape index (κ3) is 5.81. The van der Waals surface area contributed by atoms with Crippen molar-refractivity contribution in [1.82, 2.24) is 9.62 Å². The van der Waals surface area contributed by atoms with E-state index in [-0.39, 0.29) is 11.8 Å². The number of nitrogens with zero attached hydrogens (tertiary/aromatic N) is 2. The molecular weight excluding hydrogens is 406 g/mol. The smallest absolute Gasteiger partial charge is 0.252 e. The molecule has 0 bridgehead atoms. The van der Waals surface area contributed by atoms with Crippen LogP contribution >= 0.6 is 11.3 Å². The summed E-state index contributed by atoms with van der Waals surface area (Å²) in [5, 5.41) is 4.79. The average Bonchev–Trinajstić information content (AvgIpc) is 3.30. The van der Waals surface area contributed by atoms with Gasteiger partial charge in [0.05, 0.1) is 0 Å². The molecule has 2 aromatic rings. The highest BCUT2D eigenvalue weighted by molar-refractivity contribution is 7.91. The van der Waals surface area contributed by atoms with Gasteiger partial charge in [0.25, 0.3) is 10.0 Å². The maximum atomic E-state index is 12.6. The van der Waals surface area contributed by atoms with Crippen LogP contribution in [-0.2, 0) is 14.8 Å². The van der Waals surface area contributed by atoms with Gasteiger partial charge in [-0.25, -0.2) is 8.42 Å². The van der Waals surface area contributed by atoms with Crippen molar-refractivity contribution in [2.75, 3.05) is 38.1 Å². The maximum Gasteiger partial charge on any atom is 0.252 e. The quantitative estimate of drug-likeness (QED) is 0.614. The molecule has 158 valence electrons. The van der Waals surface area contributed by atoms with Gasteiger partial charge >= 0.3 is 0 Å². The van der Waals surface area contributed by atoms with E-state index in [0.29, 0.717) is 36.7 Å². The normalized spacial score (nSPS) is 15.9. The number of amides is 1. The van der Waals surface area contributed by atoms with Gasteiger partial charge in [-0.2, -0.15) is 4.31 Å². The van der Waals surface area contributed by atoms with E-state index in [4.69, 9.17) is 0 Å². The molecule has 0 atom stereocenters. The minimum atomic E-state index is -3.41. The lowest BCUT2D eigenvalue weighted by Gasteiger charge is -2.30. The molecule has 6 nitrogen and oxygen atoms in total. The summed E-state index contributed by atoms with van der Waals surface area (Å²) in [5.41, 5.74) is 1.20. The van der Waals surface area contributed by atoms with Crippen LogP contribution in [0.2, 0.25) is 0 Å². The van der Waals surface area contributed by atoms with Crippen molar-refractivity contribution in [2.45, 2.75) is 29.9 Å². The first-order chi connectivity index (χ1) is 14.0. The molecule has 0 saturated carbocycles. The number of nitrogens with one attached hydrogen (secondary N) is 1. The van der Waals surface area contributed by atoms with Crippen molar-refractivity contribution in [3.05, 3.63) is 47.8 Å². The van der Waals surface area contributed by atoms with E-state index in [1.54, 1.807) is 17.5 Å². The summed E-state index contributed by atoms with van der Waals surface area (Å²) < 4.78 is 27.0. The molecule has 29 heavy (non-hydrogen) atoms. The molecule has 1 N–H and O–H groups in total. The number of anilines is 1. The predicted molar refractivity (Wildman–Crippen MR) is 118 cm³/mol. The molecule has 1 aromatic carbocycles. The number of hydrogen-bond donors (Lipinski definition) is 1. The summed E-state index contributed by atoms with van der Waals surface area (Å²) in [7, 11) is -1.33. The number of carbonyl (C=O) groups is 1. The van der Waals surface area contributed by atoms with Gasteiger partial charge in [-0.05, 0) is 49.3 Å². The summed E-state index contributed by atoms with van der Waals surface area (Å²) in [6, 6.07) is 13.6. The molecule has 2 heterocycles. The SMILES string of the molecule is CN(CCCCNC(=O)C1CCN(S(=O)(=O)c2cccs2)CC1)c1ccccc1. The fraction of sp³-hybridized carbons (Fsp3) is 0.476. The van der Waals surface area contributed by atoms with Gasteiger partial charge < -0.3 is 10.2 Å². The Hall–Kier alpha value is -1.90. The Balaban J connectivity index is 1.34. The summed E-state index contributed by atoms with van der Waals surface area (Å²) in [6.45, 7) is 2.41. The number of rotatable bonds is 9. The highest BCUT2D eigenvalue weighted by atomic mass is 32.2. The van der Waals surface area contributed by atoms with Gasteiger partial charge in [0.15, 0.2) is 0 Å². The van der Waals surface area contributed by atoms with Gasteiger partial charge in [0.2, 0.25) is 5.91 Å². The second-order valence-electron chi connectivity index (χ2n) is 7.37. The first-order valence-electron chi connectivity index (χ1n) is 10.1. The van der Waals surface area contributed by atoms with Crippen molar-refractivity contribution in [3.63, 3.8) is 0 Å². The van der Waals surface area contributed by atoms with E-state index >= 15 is 0 Å². The highest BCUT2D eigenvalue weighted by Crippen LogP contribution is 2.26. The molecular formula is C21H29N3O3S2. The van der Waals surface area contributed by atoms with Crippen LogP contribution in [0.4, 0.5) is 5.69 Å². The van der Waals surface area contributed by atoms with Gasteiger partial charge in [-0.15, -0.1) is 11.3 Å². The first-order valence-corrected chi connectivity index (χ1v) is 12.4. The third-order valence-electron chi connectivity index (χ3n) is 5.33. The third-order valence-corrected chi connectivity index (χ3v) is 8.60. The Morgan fingerprint density at radius 1 is 1.14 bits per heavy atom. The number of benzene rings is 1. The van der Waals surface area contributed by atoms with E-state index in [2.05, 4.69) is 29.4 Å². The molecule has 0 radical (unpaired) electrons. The zero-order chi connectivity index (χ0) is 20.7. The molecule has 1 saturated heterocycles. The zero-order valence-corrected chi connectivity index (χ0v) is 18.4. The van der Waals surface area contributed by atoms with Crippen molar-refractivity contribution >= 4 is 33.0 Å². The van der Waals surface area contributed by atoms with Gasteiger partial charge in [-0.3, -0.25) is 4.79 Å². The molecule has 1 fully saturated rings. The van der Waals surface area contributed by atoms with E-state index in [9.17, 15) is 13.2 Å². The lowest BCUT2D eigenvalue weighted by Crippen LogP contribution is -2.43. The molecule has 0 spiro atoms. The number of carbonyl (C=O) groups excluding carboxylic acids is 1. The molecule has 0 aliphatic carbocycles. The monoisotopic (exact) mass is 435 g/mol. The van der Waals surface area contributed by atoms with Gasteiger partial charge in [0, 0.05) is 44.8 Å². The van der Waals surface area contributed by atoms with Crippen LogP contribution in [0.3, 0.4) is 0 Å². The Kier molecular flexibility index (Phi) is 7.69. The number of thiophene rings is 1. The minimum Gasteiger partial charge on any atom is -0.375 e. The summed E-state index contributed by atoms with van der Waals surface area (Å²) in [6.07, 6.45) is 3.08. The predicted octanol–water partition coefficient (Wildman–Crippen LogP) is 3.18. The fourth-order valence-corrected chi connectivity index (χ4v) is 6.15. The van der Waals surface area contributed by atoms with Gasteiger partial charge in [-0.1, -0.05) is 24.3 Å². The zero-order valence-electron chi connectivity index (χ0n) is 16.8. The van der Waals surface area contributed by atoms with Crippen LogP contribution < -0.4 is 10.2 Å². The maximum absolute atomic E-state index is 12.6. The van der Waals surface area contributed by atoms with Crippen LogP contribution in [0.5, 0.6) is 0 Å². The number of piperidine rings is 1. The average molecular weight is 436 g/mol. The van der Waals surface area contributed by atoms with Gasteiger partial charge in [0.1, 0.15) is 4.21 Å². The number of hydrogen-bond acceptors (Lipinski definition) is 5. The Morgan fingerprint density at radius 3 is 2.52 bits per heavy atom. The Morgan fingerprint density at radius 2 is 1.86 bits per heavy atom. The van der Waals surface area contributed by atoms with E-state index < -0.39 is 10.0 Å². The van der Waals surface area contributed by atoms with Crippen LogP contribution in [0.1, 0.15) is 25.7 Å². The lowest BCUT2D eigenvalue weighted by atomic mass is 9.97. The second kappa shape index (κ2) is 10.2. The minimum absolute atomic E-state index is 0.0505. The molecule has 0 unspecified atom stereocenters. The molecule has 1 aliphatic heterocycles. The molecule has 8 heteroatoms. The largest absolute Gasteiger partial charge is 0.375 e. The topological polar surface area (TPSA) is 69.7 Å². The van der Waals surface area contributed by atoms with Crippen LogP contribution in [-0.4, -0.2) is 51.9 Å². The lowest BCUT2D eigenvalue weighted by molar-refractivity contribution is -0.126. The highest BCUT2D eigenvalue weighted by Gasteiger charge is 2.32. The number of sulfonamides is 1. The van der Waals surface area contributed by atoms with Crippen LogP contribution in [0, 0.1) is 5.92 Å². The van der Waals surface area contributed by atoms with Crippen molar-refractivity contribution in [3.8, 4) is 0 Å². The van der Waals surface area contributed by atoms with Crippen LogP contribution in [0.15, 0.2) is 52.1 Å². The molecule has 1 aromatic heterocycles. The van der Waals surface area contributed by atoms with E-state index in [1.165, 1.54) is 21.3 Å². The molecule has 1 aliphatic rings. The fourth-order valence-electron chi connectivity index (χ4n) is 3.54. The number of para-hydroxylation sites is 1. The summed E-state index contributed by atoms with van der Waals surface area (Å²) >= 11 is 1.23. The van der Waals surface area contributed by atoms with E-state index in [0.717, 1.165) is 19.4 Å². The van der Waals surface area contributed by atoms with E-state index in [1.807, 2.05) is 18.2 Å². The second-order valence-corrected chi connectivity index (χ2v) is 10.5. The van der Waals surface area contributed by atoms with Crippen molar-refractivity contribution < 1.29 is 13.2 Å². The van der Waals surface area contributed by atoms with Crippen molar-refractivity contribution in [1.29, 1.82) is 0 Å². The molecule has 1 amide bonds. The van der Waals surface area contributed by atoms with Crippen molar-refractivity contribution in [2.24, 2.45) is 5.92 Å². The summed E-state index contributed by atoms with van der Waals surface area (Å²) in [4.78, 5) is 14.6. The Labute approximate surface area is 177 Å². The standard InChI is InChI=1S/C21H29N3O3S2/c1-23(19-8-3-2-4-9-19)14-6-5-13-22-21(25)18-11-15-24(16-12-18)29(26,27)20-10-7-17-28-20/h2-4,7-10,17-18H,5-6,11-16H2,1H3,(H,22,25). The summed E-state index contributed by atoms with van der Waals surface area (Å²) in [5.74, 6) is -0.0497. The Bertz CT molecular complexity index is 862. The molecule has 3 rings (SSSR count). The van der Waals surface area contributed by atoms with Crippen LogP contribution in [0.25, 0.3) is 0 Å².